The standard InChI is InChI=1S/C18H16ClNO/c1-12-7-8-18-15(9-12)16(13(2)21)11-20(18)10-14-5-3-4-6-17(14)19/h3-9,11H,10H2,1-2H3. The molecule has 3 rings (SSSR count). The summed E-state index contributed by atoms with van der Waals surface area (Å²) in [4.78, 5) is 11.9. The van der Waals surface area contributed by atoms with Crippen molar-refractivity contribution >= 4 is 28.3 Å². The van der Waals surface area contributed by atoms with E-state index in [-0.39, 0.29) is 5.78 Å². The quantitative estimate of drug-likeness (QED) is 0.633. The minimum absolute atomic E-state index is 0.0866. The summed E-state index contributed by atoms with van der Waals surface area (Å²) in [6.07, 6.45) is 1.93. The van der Waals surface area contributed by atoms with Gasteiger partial charge in [-0.1, -0.05) is 41.4 Å². The molecule has 0 aliphatic carbocycles. The Kier molecular flexibility index (Phi) is 3.56. The molecular weight excluding hydrogens is 282 g/mol. The summed E-state index contributed by atoms with van der Waals surface area (Å²) in [5.41, 5.74) is 4.03. The highest BCUT2D eigenvalue weighted by Crippen LogP contribution is 2.25. The average molecular weight is 298 g/mol. The first-order chi connectivity index (χ1) is 10.1. The molecule has 1 aromatic heterocycles. The second-order valence-electron chi connectivity index (χ2n) is 5.34. The topological polar surface area (TPSA) is 22.0 Å². The van der Waals surface area contributed by atoms with Crippen molar-refractivity contribution < 1.29 is 4.79 Å². The number of aryl methyl sites for hydroxylation is 1. The second kappa shape index (κ2) is 5.38. The Bertz CT molecular complexity index is 832. The number of carbonyl (C=O) groups is 1. The van der Waals surface area contributed by atoms with Crippen LogP contribution < -0.4 is 0 Å². The molecule has 0 saturated heterocycles. The summed E-state index contributed by atoms with van der Waals surface area (Å²) in [5.74, 6) is 0.0866. The molecule has 0 amide bonds. The van der Waals surface area contributed by atoms with E-state index in [0.29, 0.717) is 6.54 Å². The number of hydrogen-bond donors (Lipinski definition) is 0. The molecule has 0 unspecified atom stereocenters. The molecule has 106 valence electrons. The van der Waals surface area contributed by atoms with Crippen LogP contribution in [0.25, 0.3) is 10.9 Å². The summed E-state index contributed by atoms with van der Waals surface area (Å²) in [6, 6.07) is 14.0. The zero-order chi connectivity index (χ0) is 15.0. The molecule has 0 saturated carbocycles. The number of carbonyl (C=O) groups excluding carboxylic acids is 1. The van der Waals surface area contributed by atoms with E-state index >= 15 is 0 Å². The normalized spacial score (nSPS) is 11.0. The Labute approximate surface area is 129 Å². The lowest BCUT2D eigenvalue weighted by atomic mass is 10.1. The molecular formula is C18H16ClNO. The highest BCUT2D eigenvalue weighted by Gasteiger charge is 2.13. The predicted octanol–water partition coefficient (Wildman–Crippen LogP) is 4.85. The molecule has 0 spiro atoms. The first kappa shape index (κ1) is 13.9. The molecule has 0 radical (unpaired) electrons. The number of ketones is 1. The van der Waals surface area contributed by atoms with Crippen molar-refractivity contribution in [3.05, 3.63) is 70.4 Å². The molecule has 21 heavy (non-hydrogen) atoms. The van der Waals surface area contributed by atoms with E-state index in [9.17, 15) is 4.79 Å². The zero-order valence-electron chi connectivity index (χ0n) is 12.1. The van der Waals surface area contributed by atoms with Gasteiger partial charge in [0.15, 0.2) is 5.78 Å². The third-order valence-electron chi connectivity index (χ3n) is 3.71. The molecule has 0 fully saturated rings. The van der Waals surface area contributed by atoms with Crippen molar-refractivity contribution in [3.8, 4) is 0 Å². The van der Waals surface area contributed by atoms with E-state index in [1.54, 1.807) is 6.92 Å². The van der Waals surface area contributed by atoms with Gasteiger partial charge in [-0.15, -0.1) is 0 Å². The lowest BCUT2D eigenvalue weighted by Crippen LogP contribution is -1.98. The Morgan fingerprint density at radius 3 is 2.67 bits per heavy atom. The van der Waals surface area contributed by atoms with E-state index < -0.39 is 0 Å². The fraction of sp³-hybridized carbons (Fsp3) is 0.167. The molecule has 2 aromatic carbocycles. The third kappa shape index (κ3) is 2.59. The van der Waals surface area contributed by atoms with Crippen LogP contribution in [0.3, 0.4) is 0 Å². The Morgan fingerprint density at radius 2 is 1.95 bits per heavy atom. The lowest BCUT2D eigenvalue weighted by molar-refractivity contribution is 0.101. The second-order valence-corrected chi connectivity index (χ2v) is 5.75. The van der Waals surface area contributed by atoms with Crippen molar-refractivity contribution in [2.75, 3.05) is 0 Å². The van der Waals surface area contributed by atoms with Gasteiger partial charge in [-0.2, -0.15) is 0 Å². The molecule has 3 aromatic rings. The molecule has 0 aliphatic heterocycles. The summed E-state index contributed by atoms with van der Waals surface area (Å²) in [5, 5.41) is 1.75. The maximum Gasteiger partial charge on any atom is 0.161 e. The van der Waals surface area contributed by atoms with E-state index in [0.717, 1.165) is 32.6 Å². The maximum atomic E-state index is 11.9. The summed E-state index contributed by atoms with van der Waals surface area (Å²) >= 11 is 6.24. The van der Waals surface area contributed by atoms with Gasteiger partial charge in [0, 0.05) is 34.2 Å². The van der Waals surface area contributed by atoms with Crippen LogP contribution in [0.1, 0.15) is 28.4 Å². The monoisotopic (exact) mass is 297 g/mol. The minimum atomic E-state index is 0.0866. The number of hydrogen-bond acceptors (Lipinski definition) is 1. The highest BCUT2D eigenvalue weighted by atomic mass is 35.5. The largest absolute Gasteiger partial charge is 0.342 e. The van der Waals surface area contributed by atoms with Crippen molar-refractivity contribution in [3.63, 3.8) is 0 Å². The van der Waals surface area contributed by atoms with Gasteiger partial charge in [-0.3, -0.25) is 4.79 Å². The van der Waals surface area contributed by atoms with Crippen LogP contribution >= 0.6 is 11.6 Å². The number of nitrogens with zero attached hydrogens (tertiary/aromatic N) is 1. The van der Waals surface area contributed by atoms with Gasteiger partial charge in [0.1, 0.15) is 0 Å². The fourth-order valence-corrected chi connectivity index (χ4v) is 2.83. The van der Waals surface area contributed by atoms with Gasteiger partial charge in [0.05, 0.1) is 0 Å². The highest BCUT2D eigenvalue weighted by molar-refractivity contribution is 6.31. The fourth-order valence-electron chi connectivity index (χ4n) is 2.63. The molecule has 0 N–H and O–H groups in total. The van der Waals surface area contributed by atoms with Gasteiger partial charge < -0.3 is 4.57 Å². The first-order valence-corrected chi connectivity index (χ1v) is 7.28. The molecule has 2 nitrogen and oxygen atoms in total. The van der Waals surface area contributed by atoms with Crippen molar-refractivity contribution in [2.24, 2.45) is 0 Å². The SMILES string of the molecule is CC(=O)c1cn(Cc2ccccc2Cl)c2ccc(C)cc12. The van der Waals surface area contributed by atoms with Gasteiger partial charge in [0.25, 0.3) is 0 Å². The zero-order valence-corrected chi connectivity index (χ0v) is 12.8. The predicted molar refractivity (Wildman–Crippen MR) is 87.2 cm³/mol. The van der Waals surface area contributed by atoms with Crippen LogP contribution in [0.5, 0.6) is 0 Å². The lowest BCUT2D eigenvalue weighted by Gasteiger charge is -2.07. The van der Waals surface area contributed by atoms with Crippen LogP contribution in [-0.4, -0.2) is 10.4 Å². The Hall–Kier alpha value is -2.06. The van der Waals surface area contributed by atoms with Gasteiger partial charge in [0.2, 0.25) is 0 Å². The van der Waals surface area contributed by atoms with Gasteiger partial charge in [-0.25, -0.2) is 0 Å². The van der Waals surface area contributed by atoms with Crippen LogP contribution in [0.2, 0.25) is 5.02 Å². The van der Waals surface area contributed by atoms with Crippen molar-refractivity contribution in [2.45, 2.75) is 20.4 Å². The van der Waals surface area contributed by atoms with E-state index in [1.807, 2.05) is 37.4 Å². The number of rotatable bonds is 3. The number of Topliss-reactive ketones (excluding diaryl/α,β-unsaturated/α-hetero) is 1. The third-order valence-corrected chi connectivity index (χ3v) is 4.08. The van der Waals surface area contributed by atoms with Crippen LogP contribution in [-0.2, 0) is 6.54 Å². The van der Waals surface area contributed by atoms with Crippen molar-refractivity contribution in [1.29, 1.82) is 0 Å². The smallest absolute Gasteiger partial charge is 0.161 e. The molecule has 0 aliphatic rings. The maximum absolute atomic E-state index is 11.9. The summed E-state index contributed by atoms with van der Waals surface area (Å²) in [7, 11) is 0. The summed E-state index contributed by atoms with van der Waals surface area (Å²) < 4.78 is 2.09. The van der Waals surface area contributed by atoms with Gasteiger partial charge in [-0.05, 0) is 37.6 Å². The first-order valence-electron chi connectivity index (χ1n) is 6.90. The minimum Gasteiger partial charge on any atom is -0.342 e. The van der Waals surface area contributed by atoms with Crippen molar-refractivity contribution in [1.82, 2.24) is 4.57 Å². The number of halogens is 1. The average Bonchev–Trinajstić information content (AvgIpc) is 2.79. The molecule has 1 heterocycles. The van der Waals surface area contributed by atoms with Crippen LogP contribution in [0.4, 0.5) is 0 Å². The summed E-state index contributed by atoms with van der Waals surface area (Å²) in [6.45, 7) is 4.30. The Morgan fingerprint density at radius 1 is 1.19 bits per heavy atom. The number of aromatic nitrogens is 1. The van der Waals surface area contributed by atoms with Gasteiger partial charge >= 0.3 is 0 Å². The Balaban J connectivity index is 2.15. The molecule has 0 bridgehead atoms. The van der Waals surface area contributed by atoms with E-state index in [1.165, 1.54) is 0 Å². The van der Waals surface area contributed by atoms with E-state index in [4.69, 9.17) is 11.6 Å². The van der Waals surface area contributed by atoms with E-state index in [2.05, 4.69) is 22.8 Å². The molecule has 3 heteroatoms. The van der Waals surface area contributed by atoms with Crippen LogP contribution in [0.15, 0.2) is 48.7 Å². The van der Waals surface area contributed by atoms with Crippen LogP contribution in [0, 0.1) is 6.92 Å². The molecule has 0 atom stereocenters. The number of benzene rings is 2. The number of fused-ring (bicyclic) bond motifs is 1.